The van der Waals surface area contributed by atoms with E-state index in [1.165, 1.54) is 18.1 Å². The number of hydrogen-bond acceptors (Lipinski definition) is 4. The first-order valence-corrected chi connectivity index (χ1v) is 8.50. The Balaban J connectivity index is 2.13. The molecule has 1 aliphatic heterocycles. The monoisotopic (exact) mass is 373 g/mol. The molecule has 1 unspecified atom stereocenters. The van der Waals surface area contributed by atoms with Gasteiger partial charge in [0.25, 0.3) is 0 Å². The zero-order chi connectivity index (χ0) is 19.3. The van der Waals surface area contributed by atoms with E-state index in [9.17, 15) is 22.8 Å². The Bertz CT molecular complexity index is 660. The van der Waals surface area contributed by atoms with Crippen molar-refractivity contribution >= 4 is 17.7 Å². The molecule has 1 amide bonds. The highest BCUT2D eigenvalue weighted by Gasteiger charge is 2.35. The van der Waals surface area contributed by atoms with Crippen LogP contribution < -0.4 is 4.90 Å². The fraction of sp³-hybridized carbons (Fsp3) is 0.556. The molecule has 26 heavy (non-hydrogen) atoms. The molecule has 144 valence electrons. The van der Waals surface area contributed by atoms with Crippen molar-refractivity contribution in [1.29, 1.82) is 0 Å². The van der Waals surface area contributed by atoms with Crippen molar-refractivity contribution in [3.05, 3.63) is 29.3 Å². The quantitative estimate of drug-likeness (QED) is 0.570. The van der Waals surface area contributed by atoms with Crippen LogP contribution in [0.15, 0.2) is 18.2 Å². The number of carbonyl (C=O) groups is 2. The van der Waals surface area contributed by atoms with Gasteiger partial charge in [-0.05, 0) is 49.4 Å². The lowest BCUT2D eigenvalue weighted by molar-refractivity contribution is -0.141. The van der Waals surface area contributed by atoms with Crippen molar-refractivity contribution < 1.29 is 32.2 Å². The Morgan fingerprint density at radius 2 is 2.04 bits per heavy atom. The summed E-state index contributed by atoms with van der Waals surface area (Å²) in [5.74, 6) is -0.393. The number of methoxy groups -OCH3 is 1. The van der Waals surface area contributed by atoms with Gasteiger partial charge in [-0.15, -0.1) is 0 Å². The molecule has 1 heterocycles. The Morgan fingerprint density at radius 3 is 2.65 bits per heavy atom. The van der Waals surface area contributed by atoms with Gasteiger partial charge in [-0.2, -0.15) is 13.2 Å². The van der Waals surface area contributed by atoms with Crippen LogP contribution in [0.5, 0.6) is 0 Å². The lowest BCUT2D eigenvalue weighted by atomic mass is 9.93. The molecule has 1 aromatic rings. The average molecular weight is 373 g/mol. The second-order valence-corrected chi connectivity index (χ2v) is 6.11. The molecule has 0 saturated heterocycles. The van der Waals surface area contributed by atoms with Crippen LogP contribution in [0, 0.1) is 0 Å². The smallest absolute Gasteiger partial charge is 0.416 e. The highest BCUT2D eigenvalue weighted by atomic mass is 19.4. The molecule has 8 heteroatoms. The minimum atomic E-state index is -4.42. The maximum atomic E-state index is 12.9. The maximum Gasteiger partial charge on any atom is 0.416 e. The number of alkyl halides is 3. The van der Waals surface area contributed by atoms with Crippen molar-refractivity contribution in [3.63, 3.8) is 0 Å². The Hall–Kier alpha value is -2.25. The minimum absolute atomic E-state index is 0.0385. The van der Waals surface area contributed by atoms with Crippen LogP contribution in [-0.2, 0) is 26.9 Å². The molecule has 0 aliphatic carbocycles. The number of carbonyl (C=O) groups excluding carboxylic acids is 2. The summed E-state index contributed by atoms with van der Waals surface area (Å²) in [6.45, 7) is 1.95. The lowest BCUT2D eigenvalue weighted by Crippen LogP contribution is -2.44. The largest absolute Gasteiger partial charge is 0.469 e. The SMILES string of the molecule is CCC1CCc2cc(C(F)(F)F)ccc2N1C(=O)OCCCC(=O)OC. The van der Waals surface area contributed by atoms with Gasteiger partial charge < -0.3 is 9.47 Å². The molecule has 0 fully saturated rings. The molecule has 2 rings (SSSR count). The molecule has 0 N–H and O–H groups in total. The summed E-state index contributed by atoms with van der Waals surface area (Å²) in [5.41, 5.74) is 0.211. The molecule has 0 radical (unpaired) electrons. The van der Waals surface area contributed by atoms with Crippen molar-refractivity contribution in [2.24, 2.45) is 0 Å². The lowest BCUT2D eigenvalue weighted by Gasteiger charge is -2.36. The van der Waals surface area contributed by atoms with Gasteiger partial charge in [0.05, 0.1) is 25.0 Å². The number of fused-ring (bicyclic) bond motifs is 1. The second kappa shape index (κ2) is 8.42. The number of rotatable bonds is 5. The van der Waals surface area contributed by atoms with Crippen LogP contribution in [-0.4, -0.2) is 31.8 Å². The van der Waals surface area contributed by atoms with E-state index in [1.807, 2.05) is 6.92 Å². The molecule has 1 aliphatic rings. The molecule has 0 aromatic heterocycles. The zero-order valence-electron chi connectivity index (χ0n) is 14.8. The number of benzene rings is 1. The maximum absolute atomic E-state index is 12.9. The summed E-state index contributed by atoms with van der Waals surface area (Å²) in [7, 11) is 1.28. The summed E-state index contributed by atoms with van der Waals surface area (Å²) in [4.78, 5) is 25.0. The fourth-order valence-corrected chi connectivity index (χ4v) is 3.03. The van der Waals surface area contributed by atoms with E-state index in [1.54, 1.807) is 0 Å². The van der Waals surface area contributed by atoms with Crippen molar-refractivity contribution in [3.8, 4) is 0 Å². The highest BCUT2D eigenvalue weighted by Crippen LogP contribution is 2.37. The molecular formula is C18H22F3NO4. The van der Waals surface area contributed by atoms with Crippen molar-refractivity contribution in [2.75, 3.05) is 18.6 Å². The number of halogens is 3. The zero-order valence-corrected chi connectivity index (χ0v) is 14.8. The van der Waals surface area contributed by atoms with E-state index in [0.717, 1.165) is 12.1 Å². The number of aryl methyl sites for hydroxylation is 1. The van der Waals surface area contributed by atoms with E-state index >= 15 is 0 Å². The van der Waals surface area contributed by atoms with Gasteiger partial charge in [-0.1, -0.05) is 6.92 Å². The molecule has 1 atom stereocenters. The predicted molar refractivity (Wildman–Crippen MR) is 88.9 cm³/mol. The number of esters is 1. The first-order chi connectivity index (χ1) is 12.3. The summed E-state index contributed by atoms with van der Waals surface area (Å²) in [5, 5.41) is 0. The first kappa shape index (κ1) is 20.1. The number of nitrogens with zero attached hydrogens (tertiary/aromatic N) is 1. The molecular weight excluding hydrogens is 351 g/mol. The summed E-state index contributed by atoms with van der Waals surface area (Å²) in [6.07, 6.45) is -2.86. The first-order valence-electron chi connectivity index (χ1n) is 8.50. The van der Waals surface area contributed by atoms with Crippen LogP contribution in [0.25, 0.3) is 0 Å². The standard InChI is InChI=1S/C18H22F3NO4/c1-3-14-8-6-12-11-13(18(19,20)21)7-9-15(12)22(14)17(24)26-10-4-5-16(23)25-2/h7,9,11,14H,3-6,8,10H2,1-2H3. The van der Waals surface area contributed by atoms with E-state index < -0.39 is 23.8 Å². The van der Waals surface area contributed by atoms with Crippen LogP contribution >= 0.6 is 0 Å². The van der Waals surface area contributed by atoms with Gasteiger partial charge in [-0.25, -0.2) is 4.79 Å². The third-order valence-electron chi connectivity index (χ3n) is 4.42. The topological polar surface area (TPSA) is 55.8 Å². The third kappa shape index (κ3) is 4.68. The van der Waals surface area contributed by atoms with E-state index in [2.05, 4.69) is 4.74 Å². The van der Waals surface area contributed by atoms with Gasteiger partial charge in [-0.3, -0.25) is 9.69 Å². The number of ether oxygens (including phenoxy) is 2. The Morgan fingerprint density at radius 1 is 1.31 bits per heavy atom. The van der Waals surface area contributed by atoms with Gasteiger partial charge in [0.2, 0.25) is 0 Å². The average Bonchev–Trinajstić information content (AvgIpc) is 2.62. The fourth-order valence-electron chi connectivity index (χ4n) is 3.03. The normalized spacial score (nSPS) is 16.8. The number of amides is 1. The van der Waals surface area contributed by atoms with Crippen molar-refractivity contribution in [2.45, 2.75) is 51.2 Å². The van der Waals surface area contributed by atoms with Crippen LogP contribution in [0.4, 0.5) is 23.7 Å². The molecule has 0 spiro atoms. The third-order valence-corrected chi connectivity index (χ3v) is 4.42. The number of hydrogen-bond donors (Lipinski definition) is 0. The highest BCUT2D eigenvalue weighted by molar-refractivity contribution is 5.90. The molecule has 1 aromatic carbocycles. The molecule has 0 bridgehead atoms. The van der Waals surface area contributed by atoms with E-state index in [-0.39, 0.29) is 19.1 Å². The molecule has 0 saturated carbocycles. The summed E-state index contributed by atoms with van der Waals surface area (Å²) >= 11 is 0. The molecule has 5 nitrogen and oxygen atoms in total. The van der Waals surface area contributed by atoms with Crippen LogP contribution in [0.2, 0.25) is 0 Å². The number of anilines is 1. The summed E-state index contributed by atoms with van der Waals surface area (Å²) < 4.78 is 48.5. The van der Waals surface area contributed by atoms with Gasteiger partial charge in [0.1, 0.15) is 0 Å². The summed E-state index contributed by atoms with van der Waals surface area (Å²) in [6, 6.07) is 3.27. The van der Waals surface area contributed by atoms with Gasteiger partial charge in [0.15, 0.2) is 0 Å². The van der Waals surface area contributed by atoms with Crippen LogP contribution in [0.3, 0.4) is 0 Å². The van der Waals surface area contributed by atoms with Gasteiger partial charge >= 0.3 is 18.2 Å². The van der Waals surface area contributed by atoms with E-state index in [0.29, 0.717) is 36.9 Å². The Kier molecular flexibility index (Phi) is 6.50. The minimum Gasteiger partial charge on any atom is -0.469 e. The van der Waals surface area contributed by atoms with E-state index in [4.69, 9.17) is 4.74 Å². The van der Waals surface area contributed by atoms with Crippen molar-refractivity contribution in [1.82, 2.24) is 0 Å². The van der Waals surface area contributed by atoms with Gasteiger partial charge in [0, 0.05) is 12.5 Å². The second-order valence-electron chi connectivity index (χ2n) is 6.11. The Labute approximate surface area is 150 Å². The van der Waals surface area contributed by atoms with Crippen LogP contribution in [0.1, 0.15) is 43.7 Å². The predicted octanol–water partition coefficient (Wildman–Crippen LogP) is 4.33.